The number of halogens is 2. The lowest BCUT2D eigenvalue weighted by molar-refractivity contribution is 0.444. The van der Waals surface area contributed by atoms with Gasteiger partial charge in [-0.25, -0.2) is 0 Å². The molecule has 0 aliphatic carbocycles. The van der Waals surface area contributed by atoms with Gasteiger partial charge in [-0.1, -0.05) is 34.5 Å². The highest BCUT2D eigenvalue weighted by molar-refractivity contribution is 9.10. The zero-order valence-corrected chi connectivity index (χ0v) is 11.8. The lowest BCUT2D eigenvalue weighted by Crippen LogP contribution is -2.14. The number of H-pyrrole nitrogens is 1. The quantitative estimate of drug-likeness (QED) is 0.889. The average Bonchev–Trinajstić information content (AvgIpc) is 2.32. The van der Waals surface area contributed by atoms with Gasteiger partial charge in [0.1, 0.15) is 5.82 Å². The highest BCUT2D eigenvalue weighted by atomic mass is 79.9. The van der Waals surface area contributed by atoms with Crippen LogP contribution in [0.5, 0.6) is 5.88 Å². The van der Waals surface area contributed by atoms with Crippen LogP contribution in [-0.2, 0) is 6.42 Å². The molecule has 6 heteroatoms. The van der Waals surface area contributed by atoms with Gasteiger partial charge in [0.25, 0.3) is 5.56 Å². The maximum absolute atomic E-state index is 11.8. The largest absolute Gasteiger partial charge is 0.493 e. The number of hydrogen-bond donors (Lipinski definition) is 2. The fourth-order valence-electron chi connectivity index (χ4n) is 1.61. The van der Waals surface area contributed by atoms with Crippen LogP contribution in [0.15, 0.2) is 27.5 Å². The minimum absolute atomic E-state index is 0.251. The van der Waals surface area contributed by atoms with Gasteiger partial charge >= 0.3 is 0 Å². The van der Waals surface area contributed by atoms with Crippen molar-refractivity contribution < 1.29 is 5.11 Å². The summed E-state index contributed by atoms with van der Waals surface area (Å²) in [4.78, 5) is 18.3. The number of aromatic nitrogens is 2. The third-order valence-corrected chi connectivity index (χ3v) is 3.35. The summed E-state index contributed by atoms with van der Waals surface area (Å²) in [5.41, 5.74) is 0.474. The van der Waals surface area contributed by atoms with Crippen molar-refractivity contribution in [3.8, 4) is 17.3 Å². The molecule has 0 bridgehead atoms. The standard InChI is InChI=1S/C12H10BrClN2O2/c1-2-7-11(17)15-10(16-12(7)18)8-5-6(13)3-4-9(8)14/h3-5H,2H2,1H3,(H2,15,16,17,18). The summed E-state index contributed by atoms with van der Waals surface area (Å²) in [7, 11) is 0. The van der Waals surface area contributed by atoms with E-state index in [9.17, 15) is 9.90 Å². The van der Waals surface area contributed by atoms with E-state index in [1.807, 2.05) is 0 Å². The zero-order valence-electron chi connectivity index (χ0n) is 9.50. The molecular weight excluding hydrogens is 320 g/mol. The lowest BCUT2D eigenvalue weighted by atomic mass is 10.2. The van der Waals surface area contributed by atoms with Crippen molar-refractivity contribution in [2.45, 2.75) is 13.3 Å². The van der Waals surface area contributed by atoms with E-state index in [0.717, 1.165) is 4.47 Å². The van der Waals surface area contributed by atoms with Gasteiger partial charge < -0.3 is 10.1 Å². The van der Waals surface area contributed by atoms with E-state index in [1.54, 1.807) is 25.1 Å². The van der Waals surface area contributed by atoms with E-state index in [0.29, 0.717) is 17.0 Å². The van der Waals surface area contributed by atoms with Crippen molar-refractivity contribution in [2.75, 3.05) is 0 Å². The SMILES string of the molecule is CCc1c(O)nc(-c2cc(Br)ccc2Cl)[nH]c1=O. The second-order valence-electron chi connectivity index (χ2n) is 3.69. The molecule has 94 valence electrons. The fourth-order valence-corrected chi connectivity index (χ4v) is 2.18. The Balaban J connectivity index is 2.65. The molecule has 0 atom stereocenters. The Bertz CT molecular complexity index is 655. The topological polar surface area (TPSA) is 66.0 Å². The molecule has 0 saturated carbocycles. The predicted octanol–water partition coefficient (Wildman–Crippen LogP) is 3.12. The van der Waals surface area contributed by atoms with Gasteiger partial charge in [-0.05, 0) is 24.6 Å². The van der Waals surface area contributed by atoms with Crippen molar-refractivity contribution in [2.24, 2.45) is 0 Å². The number of nitrogens with zero attached hydrogens (tertiary/aromatic N) is 1. The van der Waals surface area contributed by atoms with Crippen LogP contribution in [0, 0.1) is 0 Å². The third kappa shape index (κ3) is 2.42. The van der Waals surface area contributed by atoms with Crippen LogP contribution in [0.4, 0.5) is 0 Å². The number of nitrogens with one attached hydrogen (secondary N) is 1. The molecule has 2 rings (SSSR count). The highest BCUT2D eigenvalue weighted by Gasteiger charge is 2.12. The molecular formula is C12H10BrClN2O2. The molecule has 0 unspecified atom stereocenters. The Labute approximate surface area is 117 Å². The third-order valence-electron chi connectivity index (χ3n) is 2.53. The van der Waals surface area contributed by atoms with Gasteiger partial charge in [-0.3, -0.25) is 4.79 Å². The fraction of sp³-hybridized carbons (Fsp3) is 0.167. The minimum atomic E-state index is -0.351. The van der Waals surface area contributed by atoms with Gasteiger partial charge in [0.15, 0.2) is 0 Å². The van der Waals surface area contributed by atoms with E-state index in [1.165, 1.54) is 0 Å². The molecule has 0 aliphatic rings. The molecule has 0 aliphatic heterocycles. The van der Waals surface area contributed by atoms with Crippen LogP contribution in [-0.4, -0.2) is 15.1 Å². The van der Waals surface area contributed by atoms with Crippen LogP contribution in [0.1, 0.15) is 12.5 Å². The molecule has 0 saturated heterocycles. The van der Waals surface area contributed by atoms with Gasteiger partial charge in [-0.15, -0.1) is 0 Å². The molecule has 0 spiro atoms. The number of benzene rings is 1. The molecule has 1 heterocycles. The highest BCUT2D eigenvalue weighted by Crippen LogP contribution is 2.28. The maximum atomic E-state index is 11.8. The van der Waals surface area contributed by atoms with E-state index in [4.69, 9.17) is 11.6 Å². The summed E-state index contributed by atoms with van der Waals surface area (Å²) in [5.74, 6) is -0.00621. The zero-order chi connectivity index (χ0) is 13.3. The number of aromatic hydroxyl groups is 1. The summed E-state index contributed by atoms with van der Waals surface area (Å²) < 4.78 is 0.809. The van der Waals surface area contributed by atoms with Crippen molar-refractivity contribution >= 4 is 27.5 Å². The van der Waals surface area contributed by atoms with Crippen LogP contribution in [0.25, 0.3) is 11.4 Å². The van der Waals surface area contributed by atoms with Crippen molar-refractivity contribution in [3.05, 3.63) is 43.6 Å². The number of aromatic amines is 1. The number of hydrogen-bond acceptors (Lipinski definition) is 3. The monoisotopic (exact) mass is 328 g/mol. The van der Waals surface area contributed by atoms with Crippen molar-refractivity contribution in [1.82, 2.24) is 9.97 Å². The van der Waals surface area contributed by atoms with Gasteiger partial charge in [0.05, 0.1) is 10.6 Å². The molecule has 1 aromatic heterocycles. The summed E-state index contributed by atoms with van der Waals surface area (Å²) in [6.45, 7) is 1.78. The van der Waals surface area contributed by atoms with Gasteiger partial charge in [-0.2, -0.15) is 4.98 Å². The summed E-state index contributed by atoms with van der Waals surface area (Å²) in [6, 6.07) is 5.20. The van der Waals surface area contributed by atoms with Crippen molar-refractivity contribution in [1.29, 1.82) is 0 Å². The predicted molar refractivity (Wildman–Crippen MR) is 74.0 cm³/mol. The van der Waals surface area contributed by atoms with E-state index < -0.39 is 0 Å². The van der Waals surface area contributed by atoms with Gasteiger partial charge in [0, 0.05) is 10.0 Å². The summed E-state index contributed by atoms with van der Waals surface area (Å²) in [6.07, 6.45) is 0.417. The average molecular weight is 330 g/mol. The first-order valence-corrected chi connectivity index (χ1v) is 6.47. The molecule has 0 radical (unpaired) electrons. The molecule has 0 fully saturated rings. The normalized spacial score (nSPS) is 10.6. The molecule has 2 aromatic rings. The van der Waals surface area contributed by atoms with Crippen molar-refractivity contribution in [3.63, 3.8) is 0 Å². The molecule has 0 amide bonds. The smallest absolute Gasteiger partial charge is 0.258 e. The molecule has 4 nitrogen and oxygen atoms in total. The second-order valence-corrected chi connectivity index (χ2v) is 5.02. The second kappa shape index (κ2) is 5.12. The Hall–Kier alpha value is -1.33. The first-order valence-electron chi connectivity index (χ1n) is 5.30. The van der Waals surface area contributed by atoms with Crippen LogP contribution < -0.4 is 5.56 Å². The van der Waals surface area contributed by atoms with E-state index in [2.05, 4.69) is 25.9 Å². The summed E-state index contributed by atoms with van der Waals surface area (Å²) >= 11 is 9.36. The van der Waals surface area contributed by atoms with Crippen LogP contribution in [0.3, 0.4) is 0 Å². The Morgan fingerprint density at radius 1 is 1.50 bits per heavy atom. The Morgan fingerprint density at radius 3 is 2.83 bits per heavy atom. The minimum Gasteiger partial charge on any atom is -0.493 e. The maximum Gasteiger partial charge on any atom is 0.258 e. The molecule has 2 N–H and O–H groups in total. The van der Waals surface area contributed by atoms with E-state index in [-0.39, 0.29) is 22.8 Å². The first-order chi connectivity index (χ1) is 8.52. The summed E-state index contributed by atoms with van der Waals surface area (Å²) in [5, 5.41) is 10.2. The number of rotatable bonds is 2. The lowest BCUT2D eigenvalue weighted by Gasteiger charge is -2.06. The van der Waals surface area contributed by atoms with Crippen LogP contribution >= 0.6 is 27.5 Å². The first kappa shape index (κ1) is 13.1. The molecule has 1 aromatic carbocycles. The van der Waals surface area contributed by atoms with E-state index >= 15 is 0 Å². The molecule has 18 heavy (non-hydrogen) atoms. The van der Waals surface area contributed by atoms with Crippen LogP contribution in [0.2, 0.25) is 5.02 Å². The Morgan fingerprint density at radius 2 is 2.22 bits per heavy atom. The Kier molecular flexibility index (Phi) is 3.73. The van der Waals surface area contributed by atoms with Gasteiger partial charge in [0.2, 0.25) is 5.88 Å².